The number of methoxy groups -OCH3 is 1. The standard InChI is InChI=1S/C19H20FN5O2.C4H9N.C4H10/c1-4-25(5-2)18-7-6-16(22-23-18)14-9-15(20)13(10-17(14)26)12-8-19(27-3)24-21-11-12;5-4-2-1-3-4;1-3-4-2/h6-11,26H,4-5H2,1-3H3;4H,1-3,5H2;3-4H2,1-2H3. The Morgan fingerprint density at radius 1 is 1.00 bits per heavy atom. The highest BCUT2D eigenvalue weighted by atomic mass is 19.1. The van der Waals surface area contributed by atoms with Crippen LogP contribution in [0.3, 0.4) is 0 Å². The predicted octanol–water partition coefficient (Wildman–Crippen LogP) is 5.60. The number of nitrogens with two attached hydrogens (primary N) is 1. The van der Waals surface area contributed by atoms with E-state index < -0.39 is 5.82 Å². The zero-order valence-electron chi connectivity index (χ0n) is 22.0. The van der Waals surface area contributed by atoms with Gasteiger partial charge in [-0.25, -0.2) is 4.39 Å². The summed E-state index contributed by atoms with van der Waals surface area (Å²) in [5, 5.41) is 26.3. The summed E-state index contributed by atoms with van der Waals surface area (Å²) >= 11 is 0. The Labute approximate surface area is 213 Å². The normalized spacial score (nSPS) is 12.4. The summed E-state index contributed by atoms with van der Waals surface area (Å²) in [6, 6.07) is 8.20. The number of aromatic hydroxyl groups is 1. The summed E-state index contributed by atoms with van der Waals surface area (Å²) in [6.07, 6.45) is 7.93. The topological polar surface area (TPSA) is 110 Å². The molecule has 0 saturated heterocycles. The van der Waals surface area contributed by atoms with Crippen LogP contribution in [0.4, 0.5) is 10.2 Å². The number of rotatable bonds is 7. The van der Waals surface area contributed by atoms with Crippen molar-refractivity contribution in [1.82, 2.24) is 20.4 Å². The van der Waals surface area contributed by atoms with E-state index in [9.17, 15) is 9.50 Å². The second-order valence-electron chi connectivity index (χ2n) is 8.48. The van der Waals surface area contributed by atoms with Crippen LogP contribution in [0, 0.1) is 5.82 Å². The lowest BCUT2D eigenvalue weighted by Gasteiger charge is -2.19. The van der Waals surface area contributed by atoms with E-state index in [1.165, 1.54) is 57.5 Å². The van der Waals surface area contributed by atoms with Crippen LogP contribution < -0.4 is 15.4 Å². The number of phenolic OH excluding ortho intramolecular Hbond substituents is 1. The van der Waals surface area contributed by atoms with Crippen molar-refractivity contribution in [3.05, 3.63) is 42.3 Å². The number of hydrogen-bond donors (Lipinski definition) is 2. The largest absolute Gasteiger partial charge is 0.507 e. The van der Waals surface area contributed by atoms with Crippen molar-refractivity contribution in [3.63, 3.8) is 0 Å². The number of anilines is 1. The number of hydrogen-bond acceptors (Lipinski definition) is 8. The number of phenols is 1. The fourth-order valence-electron chi connectivity index (χ4n) is 3.21. The maximum atomic E-state index is 14.7. The molecular formula is C27H39FN6O2. The SMILES string of the molecule is CCCC.CCN(CC)c1ccc(-c2cc(F)c(-c3cnnc(OC)c3)cc2O)nn1.NC1CCC1. The molecule has 9 heteroatoms. The first kappa shape index (κ1) is 28.9. The van der Waals surface area contributed by atoms with Gasteiger partial charge < -0.3 is 20.5 Å². The molecule has 0 atom stereocenters. The first-order chi connectivity index (χ1) is 17.4. The number of nitrogens with zero attached hydrogens (tertiary/aromatic N) is 5. The Morgan fingerprint density at radius 2 is 1.67 bits per heavy atom. The van der Waals surface area contributed by atoms with Gasteiger partial charge >= 0.3 is 0 Å². The fraction of sp³-hybridized carbons (Fsp3) is 0.481. The molecule has 0 bridgehead atoms. The molecule has 1 aromatic carbocycles. The number of halogens is 1. The second kappa shape index (κ2) is 14.9. The highest BCUT2D eigenvalue weighted by Gasteiger charge is 2.15. The highest BCUT2D eigenvalue weighted by Crippen LogP contribution is 2.35. The quantitative estimate of drug-likeness (QED) is 0.433. The van der Waals surface area contributed by atoms with Crippen LogP contribution in [0.1, 0.15) is 59.8 Å². The molecule has 0 amide bonds. The minimum Gasteiger partial charge on any atom is -0.507 e. The van der Waals surface area contributed by atoms with Crippen molar-refractivity contribution in [2.24, 2.45) is 5.73 Å². The molecule has 196 valence electrons. The van der Waals surface area contributed by atoms with Gasteiger partial charge in [0.1, 0.15) is 11.6 Å². The van der Waals surface area contributed by atoms with Crippen molar-refractivity contribution in [1.29, 1.82) is 0 Å². The summed E-state index contributed by atoms with van der Waals surface area (Å²) in [7, 11) is 1.45. The second-order valence-corrected chi connectivity index (χ2v) is 8.48. The molecule has 1 aliphatic carbocycles. The van der Waals surface area contributed by atoms with Gasteiger partial charge in [-0.3, -0.25) is 0 Å². The summed E-state index contributed by atoms with van der Waals surface area (Å²) in [4.78, 5) is 2.05. The molecule has 0 radical (unpaired) electrons. The molecule has 1 saturated carbocycles. The van der Waals surface area contributed by atoms with Crippen LogP contribution in [-0.2, 0) is 0 Å². The minimum atomic E-state index is -0.521. The number of aromatic nitrogens is 4. The average Bonchev–Trinajstić information content (AvgIpc) is 2.90. The van der Waals surface area contributed by atoms with Gasteiger partial charge in [-0.2, -0.15) is 5.10 Å². The van der Waals surface area contributed by atoms with Gasteiger partial charge in [0.2, 0.25) is 5.88 Å². The zero-order chi connectivity index (χ0) is 26.5. The van der Waals surface area contributed by atoms with E-state index in [2.05, 4.69) is 34.2 Å². The summed E-state index contributed by atoms with van der Waals surface area (Å²) < 4.78 is 19.7. The van der Waals surface area contributed by atoms with Gasteiger partial charge in [-0.05, 0) is 51.0 Å². The highest BCUT2D eigenvalue weighted by molar-refractivity contribution is 5.75. The lowest BCUT2D eigenvalue weighted by atomic mass is 9.95. The van der Waals surface area contributed by atoms with E-state index >= 15 is 0 Å². The van der Waals surface area contributed by atoms with E-state index in [4.69, 9.17) is 10.5 Å². The average molecular weight is 499 g/mol. The number of ether oxygens (including phenoxy) is 1. The fourth-order valence-corrected chi connectivity index (χ4v) is 3.21. The Morgan fingerprint density at radius 3 is 2.14 bits per heavy atom. The van der Waals surface area contributed by atoms with E-state index in [0.29, 0.717) is 17.3 Å². The van der Waals surface area contributed by atoms with Crippen molar-refractivity contribution in [2.75, 3.05) is 25.1 Å². The smallest absolute Gasteiger partial charge is 0.233 e. The van der Waals surface area contributed by atoms with Gasteiger partial charge in [0.15, 0.2) is 5.82 Å². The van der Waals surface area contributed by atoms with Gasteiger partial charge in [0.05, 0.1) is 19.0 Å². The molecule has 8 nitrogen and oxygen atoms in total. The van der Waals surface area contributed by atoms with E-state index in [1.54, 1.807) is 18.2 Å². The van der Waals surface area contributed by atoms with Crippen molar-refractivity contribution in [2.45, 2.75) is 65.8 Å². The lowest BCUT2D eigenvalue weighted by molar-refractivity contribution is 0.392. The molecular weight excluding hydrogens is 459 g/mol. The monoisotopic (exact) mass is 498 g/mol. The molecule has 2 heterocycles. The van der Waals surface area contributed by atoms with Gasteiger partial charge in [0.25, 0.3) is 0 Å². The van der Waals surface area contributed by atoms with E-state index in [1.807, 2.05) is 18.7 Å². The predicted molar refractivity (Wildman–Crippen MR) is 143 cm³/mol. The molecule has 0 unspecified atom stereocenters. The number of unbranched alkanes of at least 4 members (excludes halogenated alkanes) is 1. The molecule has 0 aliphatic heterocycles. The Balaban J connectivity index is 0.000000429. The molecule has 1 fully saturated rings. The molecule has 3 N–H and O–H groups in total. The van der Waals surface area contributed by atoms with Crippen LogP contribution in [0.2, 0.25) is 0 Å². The first-order valence-corrected chi connectivity index (χ1v) is 12.6. The van der Waals surface area contributed by atoms with Crippen molar-refractivity contribution >= 4 is 5.82 Å². The Bertz CT molecular complexity index is 1050. The third kappa shape index (κ3) is 8.12. The van der Waals surface area contributed by atoms with E-state index in [0.717, 1.165) is 18.9 Å². The molecule has 3 aromatic rings. The summed E-state index contributed by atoms with van der Waals surface area (Å²) in [5.74, 6) is 0.364. The van der Waals surface area contributed by atoms with Crippen LogP contribution >= 0.6 is 0 Å². The molecule has 1 aliphatic rings. The Hall–Kier alpha value is -3.33. The molecule has 0 spiro atoms. The van der Waals surface area contributed by atoms with Crippen LogP contribution in [0.5, 0.6) is 11.6 Å². The third-order valence-electron chi connectivity index (χ3n) is 5.90. The summed E-state index contributed by atoms with van der Waals surface area (Å²) in [5.41, 5.74) is 6.67. The van der Waals surface area contributed by atoms with Gasteiger partial charge in [-0.15, -0.1) is 15.3 Å². The Kier molecular flexibility index (Phi) is 12.0. The molecule has 2 aromatic heterocycles. The van der Waals surface area contributed by atoms with Crippen LogP contribution in [-0.4, -0.2) is 51.7 Å². The van der Waals surface area contributed by atoms with Gasteiger partial charge in [-0.1, -0.05) is 33.1 Å². The van der Waals surface area contributed by atoms with Crippen LogP contribution in [0.15, 0.2) is 36.5 Å². The maximum Gasteiger partial charge on any atom is 0.233 e. The first-order valence-electron chi connectivity index (χ1n) is 12.6. The van der Waals surface area contributed by atoms with Gasteiger partial charge in [0, 0.05) is 41.9 Å². The minimum absolute atomic E-state index is 0.105. The summed E-state index contributed by atoms with van der Waals surface area (Å²) in [6.45, 7) is 10.0. The zero-order valence-corrected chi connectivity index (χ0v) is 22.0. The van der Waals surface area contributed by atoms with Crippen molar-refractivity contribution in [3.8, 4) is 34.0 Å². The van der Waals surface area contributed by atoms with E-state index in [-0.39, 0.29) is 22.8 Å². The molecule has 36 heavy (non-hydrogen) atoms. The lowest BCUT2D eigenvalue weighted by Crippen LogP contribution is -2.27. The number of benzene rings is 1. The maximum absolute atomic E-state index is 14.7. The van der Waals surface area contributed by atoms with Crippen LogP contribution in [0.25, 0.3) is 22.4 Å². The third-order valence-corrected chi connectivity index (χ3v) is 5.90. The van der Waals surface area contributed by atoms with Crippen molar-refractivity contribution < 1.29 is 14.2 Å². The molecule has 4 rings (SSSR count).